The number of anilines is 1. The van der Waals surface area contributed by atoms with E-state index in [4.69, 9.17) is 0 Å². The zero-order valence-electron chi connectivity index (χ0n) is 9.71. The van der Waals surface area contributed by atoms with Crippen molar-refractivity contribution in [2.45, 2.75) is 13.8 Å². The number of hydrogen-bond acceptors (Lipinski definition) is 3. The first kappa shape index (κ1) is 12.5. The van der Waals surface area contributed by atoms with Crippen LogP contribution < -0.4 is 5.32 Å². The molecule has 1 aromatic carbocycles. The van der Waals surface area contributed by atoms with E-state index in [0.29, 0.717) is 23.7 Å². The van der Waals surface area contributed by atoms with Crippen LogP contribution in [0.15, 0.2) is 18.2 Å². The first-order valence-electron chi connectivity index (χ1n) is 5.16. The summed E-state index contributed by atoms with van der Waals surface area (Å²) >= 11 is 0. The smallest absolute Gasteiger partial charge is 0.339 e. The SMILES string of the molecule is COC(=O)c1ccc(F)cc1NCC(C)C. The number of benzene rings is 1. The minimum atomic E-state index is -0.466. The van der Waals surface area contributed by atoms with E-state index in [1.807, 2.05) is 13.8 Å². The minimum absolute atomic E-state index is 0.351. The fraction of sp³-hybridized carbons (Fsp3) is 0.417. The summed E-state index contributed by atoms with van der Waals surface area (Å²) in [6, 6.07) is 3.96. The topological polar surface area (TPSA) is 38.3 Å². The summed E-state index contributed by atoms with van der Waals surface area (Å²) in [5.74, 6) is -0.432. The van der Waals surface area contributed by atoms with Crippen LogP contribution >= 0.6 is 0 Å². The van der Waals surface area contributed by atoms with Crippen molar-refractivity contribution in [3.8, 4) is 0 Å². The second-order valence-corrected chi connectivity index (χ2v) is 3.96. The number of methoxy groups -OCH3 is 1. The standard InChI is InChI=1S/C12H16FNO2/c1-8(2)7-14-11-6-9(13)4-5-10(11)12(15)16-3/h4-6,8,14H,7H2,1-3H3. The lowest BCUT2D eigenvalue weighted by atomic mass is 10.1. The van der Waals surface area contributed by atoms with Gasteiger partial charge in [-0.05, 0) is 24.1 Å². The summed E-state index contributed by atoms with van der Waals surface area (Å²) in [5.41, 5.74) is 0.824. The van der Waals surface area contributed by atoms with Gasteiger partial charge in [0.05, 0.1) is 18.4 Å². The molecule has 0 saturated carbocycles. The molecule has 0 aliphatic heterocycles. The van der Waals surface area contributed by atoms with Gasteiger partial charge in [-0.15, -0.1) is 0 Å². The Morgan fingerprint density at radius 2 is 2.19 bits per heavy atom. The van der Waals surface area contributed by atoms with Crippen LogP contribution in [0.1, 0.15) is 24.2 Å². The van der Waals surface area contributed by atoms with Gasteiger partial charge >= 0.3 is 5.97 Å². The van der Waals surface area contributed by atoms with Crippen LogP contribution in [0.4, 0.5) is 10.1 Å². The Kier molecular flexibility index (Phi) is 4.28. The fourth-order valence-electron chi connectivity index (χ4n) is 1.26. The van der Waals surface area contributed by atoms with Gasteiger partial charge in [-0.3, -0.25) is 0 Å². The van der Waals surface area contributed by atoms with Crippen LogP contribution in [0.25, 0.3) is 0 Å². The van der Waals surface area contributed by atoms with Gasteiger partial charge in [0.25, 0.3) is 0 Å². The highest BCUT2D eigenvalue weighted by atomic mass is 19.1. The lowest BCUT2D eigenvalue weighted by molar-refractivity contribution is 0.0602. The molecule has 0 heterocycles. The number of esters is 1. The highest BCUT2D eigenvalue weighted by molar-refractivity contribution is 5.95. The molecule has 88 valence electrons. The molecule has 0 unspecified atom stereocenters. The van der Waals surface area contributed by atoms with Gasteiger partial charge in [0.2, 0.25) is 0 Å². The lowest BCUT2D eigenvalue weighted by Gasteiger charge is -2.12. The largest absolute Gasteiger partial charge is 0.465 e. The van der Waals surface area contributed by atoms with Crippen LogP contribution in [0.2, 0.25) is 0 Å². The molecular formula is C12H16FNO2. The first-order chi connectivity index (χ1) is 7.54. The molecule has 1 N–H and O–H groups in total. The molecule has 1 rings (SSSR count). The average Bonchev–Trinajstić information content (AvgIpc) is 2.25. The van der Waals surface area contributed by atoms with Gasteiger partial charge in [0.1, 0.15) is 5.82 Å². The number of carbonyl (C=O) groups excluding carboxylic acids is 1. The van der Waals surface area contributed by atoms with E-state index in [9.17, 15) is 9.18 Å². The minimum Gasteiger partial charge on any atom is -0.465 e. The summed E-state index contributed by atoms with van der Waals surface area (Å²) in [4.78, 5) is 11.4. The molecule has 0 atom stereocenters. The fourth-order valence-corrected chi connectivity index (χ4v) is 1.26. The van der Waals surface area contributed by atoms with Crippen LogP contribution in [-0.4, -0.2) is 19.6 Å². The molecule has 16 heavy (non-hydrogen) atoms. The normalized spacial score (nSPS) is 10.3. The van der Waals surface area contributed by atoms with E-state index in [1.54, 1.807) is 0 Å². The summed E-state index contributed by atoms with van der Waals surface area (Å²) in [6.45, 7) is 4.74. The van der Waals surface area contributed by atoms with Crippen LogP contribution in [0, 0.1) is 11.7 Å². The second kappa shape index (κ2) is 5.49. The zero-order valence-corrected chi connectivity index (χ0v) is 9.71. The van der Waals surface area contributed by atoms with E-state index in [-0.39, 0.29) is 5.82 Å². The second-order valence-electron chi connectivity index (χ2n) is 3.96. The molecule has 1 aromatic rings. The van der Waals surface area contributed by atoms with Crippen LogP contribution in [0.3, 0.4) is 0 Å². The number of carbonyl (C=O) groups is 1. The van der Waals surface area contributed by atoms with Crippen molar-refractivity contribution >= 4 is 11.7 Å². The molecule has 0 aliphatic rings. The maximum Gasteiger partial charge on any atom is 0.339 e. The third-order valence-electron chi connectivity index (χ3n) is 2.09. The first-order valence-corrected chi connectivity index (χ1v) is 5.16. The Morgan fingerprint density at radius 3 is 2.75 bits per heavy atom. The molecular weight excluding hydrogens is 209 g/mol. The van der Waals surface area contributed by atoms with E-state index >= 15 is 0 Å². The summed E-state index contributed by atoms with van der Waals surface area (Å²) in [5, 5.41) is 3.03. The van der Waals surface area contributed by atoms with Gasteiger partial charge < -0.3 is 10.1 Å². The number of ether oxygens (including phenoxy) is 1. The molecule has 0 amide bonds. The summed E-state index contributed by atoms with van der Waals surface area (Å²) < 4.78 is 17.7. The maximum atomic E-state index is 13.0. The van der Waals surface area contributed by atoms with Crippen molar-refractivity contribution in [3.05, 3.63) is 29.6 Å². The van der Waals surface area contributed by atoms with Crippen molar-refractivity contribution in [1.29, 1.82) is 0 Å². The molecule has 4 heteroatoms. The molecule has 0 saturated heterocycles. The van der Waals surface area contributed by atoms with Crippen molar-refractivity contribution in [1.82, 2.24) is 0 Å². The molecule has 0 bridgehead atoms. The summed E-state index contributed by atoms with van der Waals surface area (Å²) in [6.07, 6.45) is 0. The van der Waals surface area contributed by atoms with Crippen molar-refractivity contribution in [2.24, 2.45) is 5.92 Å². The molecule has 0 fully saturated rings. The zero-order chi connectivity index (χ0) is 12.1. The van der Waals surface area contributed by atoms with Gasteiger partial charge in [-0.1, -0.05) is 13.8 Å². The Morgan fingerprint density at radius 1 is 1.50 bits per heavy atom. The Bertz CT molecular complexity index is 377. The Labute approximate surface area is 94.6 Å². The Balaban J connectivity index is 2.94. The van der Waals surface area contributed by atoms with Crippen molar-refractivity contribution in [3.63, 3.8) is 0 Å². The molecule has 0 radical (unpaired) electrons. The van der Waals surface area contributed by atoms with E-state index < -0.39 is 5.97 Å². The monoisotopic (exact) mass is 225 g/mol. The summed E-state index contributed by atoms with van der Waals surface area (Å²) in [7, 11) is 1.30. The molecule has 0 aromatic heterocycles. The molecule has 0 spiro atoms. The van der Waals surface area contributed by atoms with Crippen LogP contribution in [0.5, 0.6) is 0 Å². The van der Waals surface area contributed by atoms with E-state index in [0.717, 1.165) is 0 Å². The maximum absolute atomic E-state index is 13.0. The number of nitrogens with one attached hydrogen (secondary N) is 1. The van der Waals surface area contributed by atoms with Gasteiger partial charge in [0.15, 0.2) is 0 Å². The van der Waals surface area contributed by atoms with E-state index in [2.05, 4.69) is 10.1 Å². The third kappa shape index (κ3) is 3.22. The Hall–Kier alpha value is -1.58. The van der Waals surface area contributed by atoms with E-state index in [1.165, 1.54) is 25.3 Å². The lowest BCUT2D eigenvalue weighted by Crippen LogP contribution is -2.12. The van der Waals surface area contributed by atoms with Crippen molar-refractivity contribution < 1.29 is 13.9 Å². The molecule has 0 aliphatic carbocycles. The number of hydrogen-bond donors (Lipinski definition) is 1. The predicted molar refractivity (Wildman–Crippen MR) is 61.1 cm³/mol. The van der Waals surface area contributed by atoms with Gasteiger partial charge in [0, 0.05) is 6.54 Å². The van der Waals surface area contributed by atoms with Crippen molar-refractivity contribution in [2.75, 3.05) is 19.0 Å². The molecule has 3 nitrogen and oxygen atoms in total. The van der Waals surface area contributed by atoms with Crippen LogP contribution in [-0.2, 0) is 4.74 Å². The highest BCUT2D eigenvalue weighted by Crippen LogP contribution is 2.18. The average molecular weight is 225 g/mol. The van der Waals surface area contributed by atoms with Gasteiger partial charge in [-0.25, -0.2) is 9.18 Å². The quantitative estimate of drug-likeness (QED) is 0.800. The number of halogens is 1. The van der Waals surface area contributed by atoms with Gasteiger partial charge in [-0.2, -0.15) is 0 Å². The number of rotatable bonds is 4. The third-order valence-corrected chi connectivity index (χ3v) is 2.09. The highest BCUT2D eigenvalue weighted by Gasteiger charge is 2.12. The predicted octanol–water partition coefficient (Wildman–Crippen LogP) is 2.68.